The van der Waals surface area contributed by atoms with Crippen LogP contribution in [0.4, 0.5) is 8.78 Å². The fourth-order valence-electron chi connectivity index (χ4n) is 4.56. The summed E-state index contributed by atoms with van der Waals surface area (Å²) in [7, 11) is 0. The van der Waals surface area contributed by atoms with Crippen molar-refractivity contribution in [3.8, 4) is 16.9 Å². The lowest BCUT2D eigenvalue weighted by atomic mass is 9.82. The lowest BCUT2D eigenvalue weighted by Gasteiger charge is -2.34. The number of carbonyl (C=O) groups excluding carboxylic acids is 1. The molecular formula is C28H25F2N3O3. The van der Waals surface area contributed by atoms with E-state index < -0.39 is 22.6 Å². The molecule has 36 heavy (non-hydrogen) atoms. The lowest BCUT2D eigenvalue weighted by molar-refractivity contribution is -0.140. The molecule has 0 N–H and O–H groups in total. The molecule has 1 aliphatic heterocycles. The number of morpholine rings is 1. The Morgan fingerprint density at radius 1 is 0.944 bits per heavy atom. The van der Waals surface area contributed by atoms with Crippen LogP contribution in [0.3, 0.4) is 0 Å². The fraction of sp³-hybridized carbons (Fsp3) is 0.250. The molecule has 0 unspecified atom stereocenters. The van der Waals surface area contributed by atoms with Crippen LogP contribution in [-0.2, 0) is 14.9 Å². The summed E-state index contributed by atoms with van der Waals surface area (Å²) in [6.45, 7) is 5.87. The zero-order valence-electron chi connectivity index (χ0n) is 20.0. The number of fused-ring (bicyclic) bond motifs is 1. The summed E-state index contributed by atoms with van der Waals surface area (Å²) in [5, 5.41) is 5.46. The van der Waals surface area contributed by atoms with Crippen molar-refractivity contribution in [1.29, 1.82) is 0 Å². The zero-order valence-corrected chi connectivity index (χ0v) is 20.0. The van der Waals surface area contributed by atoms with E-state index in [-0.39, 0.29) is 11.6 Å². The Morgan fingerprint density at radius 3 is 2.39 bits per heavy atom. The lowest BCUT2D eigenvalue weighted by Crippen LogP contribution is -2.48. The highest BCUT2D eigenvalue weighted by atomic mass is 19.1. The van der Waals surface area contributed by atoms with Gasteiger partial charge in [0.25, 0.3) is 5.56 Å². The van der Waals surface area contributed by atoms with Gasteiger partial charge in [0.05, 0.1) is 29.7 Å². The summed E-state index contributed by atoms with van der Waals surface area (Å²) in [6, 6.07) is 17.4. The van der Waals surface area contributed by atoms with Gasteiger partial charge in [0.15, 0.2) is 5.82 Å². The van der Waals surface area contributed by atoms with E-state index in [2.05, 4.69) is 5.10 Å². The first-order valence-corrected chi connectivity index (χ1v) is 11.7. The fourth-order valence-corrected chi connectivity index (χ4v) is 4.56. The van der Waals surface area contributed by atoms with Gasteiger partial charge in [0, 0.05) is 30.1 Å². The van der Waals surface area contributed by atoms with Gasteiger partial charge in [0.1, 0.15) is 11.5 Å². The Labute approximate surface area is 206 Å². The average Bonchev–Trinajstić information content (AvgIpc) is 2.89. The van der Waals surface area contributed by atoms with Crippen LogP contribution in [0.25, 0.3) is 27.7 Å². The quantitative estimate of drug-likeness (QED) is 0.425. The van der Waals surface area contributed by atoms with Gasteiger partial charge < -0.3 is 9.64 Å². The predicted octanol–water partition coefficient (Wildman–Crippen LogP) is 4.47. The SMILES string of the molecule is CC(C)(C(=O)N1CCOCC1)c1cccc(-c2nn(-c3ccc(F)cc3F)c(=O)c3ccccc23)c1. The minimum Gasteiger partial charge on any atom is -0.378 e. The summed E-state index contributed by atoms with van der Waals surface area (Å²) in [4.78, 5) is 28.4. The molecule has 2 heterocycles. The van der Waals surface area contributed by atoms with Gasteiger partial charge in [-0.2, -0.15) is 9.78 Å². The first-order chi connectivity index (χ1) is 17.3. The van der Waals surface area contributed by atoms with E-state index in [4.69, 9.17) is 4.74 Å². The number of benzene rings is 3. The molecule has 6 nitrogen and oxygen atoms in total. The van der Waals surface area contributed by atoms with Gasteiger partial charge in [-0.1, -0.05) is 36.4 Å². The third kappa shape index (κ3) is 4.18. The van der Waals surface area contributed by atoms with E-state index in [1.807, 2.05) is 38.1 Å². The molecule has 4 aromatic rings. The number of ether oxygens (including phenoxy) is 1. The van der Waals surface area contributed by atoms with E-state index in [0.717, 1.165) is 22.4 Å². The molecule has 0 radical (unpaired) electrons. The van der Waals surface area contributed by atoms with E-state index in [0.29, 0.717) is 48.3 Å². The van der Waals surface area contributed by atoms with Crippen molar-refractivity contribution < 1.29 is 18.3 Å². The van der Waals surface area contributed by atoms with Crippen molar-refractivity contribution >= 4 is 16.7 Å². The van der Waals surface area contributed by atoms with Gasteiger partial charge in [-0.15, -0.1) is 0 Å². The summed E-state index contributed by atoms with van der Waals surface area (Å²) in [5.74, 6) is -1.64. The van der Waals surface area contributed by atoms with Crippen LogP contribution in [-0.4, -0.2) is 46.9 Å². The Bertz CT molecular complexity index is 1520. The topological polar surface area (TPSA) is 64.4 Å². The molecule has 184 valence electrons. The first-order valence-electron chi connectivity index (χ1n) is 11.7. The molecule has 8 heteroatoms. The van der Waals surface area contributed by atoms with Gasteiger partial charge in [0.2, 0.25) is 5.91 Å². The second kappa shape index (κ2) is 9.28. The number of hydrogen-bond donors (Lipinski definition) is 0. The monoisotopic (exact) mass is 489 g/mol. The van der Waals surface area contributed by atoms with Gasteiger partial charge in [-0.25, -0.2) is 8.78 Å². The number of halogens is 2. The van der Waals surface area contributed by atoms with Crippen LogP contribution in [0, 0.1) is 11.6 Å². The van der Waals surface area contributed by atoms with E-state index >= 15 is 0 Å². The smallest absolute Gasteiger partial charge is 0.279 e. The number of amides is 1. The second-order valence-corrected chi connectivity index (χ2v) is 9.32. The Balaban J connectivity index is 1.66. The standard InChI is InChI=1S/C28H25F2N3O3/c1-28(2,27(35)32-12-14-36-15-13-32)19-7-5-6-18(16-19)25-21-8-3-4-9-22(21)26(34)33(31-25)24-11-10-20(29)17-23(24)30/h3-11,16-17H,12-15H2,1-2H3. The highest BCUT2D eigenvalue weighted by Gasteiger charge is 2.34. The molecular weight excluding hydrogens is 464 g/mol. The summed E-state index contributed by atoms with van der Waals surface area (Å²) < 4.78 is 34.5. The molecule has 0 spiro atoms. The van der Waals surface area contributed by atoms with E-state index in [1.165, 1.54) is 6.07 Å². The third-order valence-electron chi connectivity index (χ3n) is 6.63. The second-order valence-electron chi connectivity index (χ2n) is 9.32. The molecule has 1 fully saturated rings. The first kappa shape index (κ1) is 23.8. The maximum absolute atomic E-state index is 14.6. The van der Waals surface area contributed by atoms with Gasteiger partial charge >= 0.3 is 0 Å². The van der Waals surface area contributed by atoms with Gasteiger partial charge in [-0.3, -0.25) is 9.59 Å². The number of rotatable bonds is 4. The van der Waals surface area contributed by atoms with Crippen LogP contribution in [0.5, 0.6) is 0 Å². The highest BCUT2D eigenvalue weighted by molar-refractivity contribution is 5.94. The van der Waals surface area contributed by atoms with Crippen LogP contribution in [0.2, 0.25) is 0 Å². The molecule has 0 aliphatic carbocycles. The minimum atomic E-state index is -0.892. The molecule has 1 amide bonds. The van der Waals surface area contributed by atoms with Crippen LogP contribution in [0.15, 0.2) is 71.5 Å². The number of carbonyl (C=O) groups is 1. The Kier molecular flexibility index (Phi) is 6.14. The average molecular weight is 490 g/mol. The van der Waals surface area contributed by atoms with Crippen molar-refractivity contribution in [1.82, 2.24) is 14.7 Å². The molecule has 3 aromatic carbocycles. The molecule has 0 bridgehead atoms. The zero-order chi connectivity index (χ0) is 25.4. The third-order valence-corrected chi connectivity index (χ3v) is 6.63. The normalized spacial score (nSPS) is 14.3. The number of hydrogen-bond acceptors (Lipinski definition) is 4. The number of nitrogens with zero attached hydrogens (tertiary/aromatic N) is 3. The minimum absolute atomic E-state index is 0.000814. The van der Waals surface area contributed by atoms with E-state index in [9.17, 15) is 18.4 Å². The van der Waals surface area contributed by atoms with Crippen molar-refractivity contribution in [2.24, 2.45) is 0 Å². The summed E-state index contributed by atoms with van der Waals surface area (Å²) in [5.41, 5.74) is 0.424. The van der Waals surface area contributed by atoms with E-state index in [1.54, 1.807) is 29.2 Å². The largest absolute Gasteiger partial charge is 0.378 e. The Morgan fingerprint density at radius 2 is 1.67 bits per heavy atom. The molecule has 1 aromatic heterocycles. The van der Waals surface area contributed by atoms with Crippen LogP contribution in [0.1, 0.15) is 19.4 Å². The predicted molar refractivity (Wildman–Crippen MR) is 133 cm³/mol. The molecule has 1 aliphatic rings. The maximum atomic E-state index is 14.6. The van der Waals surface area contributed by atoms with Crippen molar-refractivity contribution in [2.75, 3.05) is 26.3 Å². The highest BCUT2D eigenvalue weighted by Crippen LogP contribution is 2.32. The van der Waals surface area contributed by atoms with Crippen molar-refractivity contribution in [2.45, 2.75) is 19.3 Å². The van der Waals surface area contributed by atoms with Crippen LogP contribution < -0.4 is 5.56 Å². The van der Waals surface area contributed by atoms with Gasteiger partial charge in [-0.05, 0) is 43.7 Å². The van der Waals surface area contributed by atoms with Crippen molar-refractivity contribution in [3.05, 3.63) is 94.3 Å². The molecule has 5 rings (SSSR count). The van der Waals surface area contributed by atoms with Crippen molar-refractivity contribution in [3.63, 3.8) is 0 Å². The number of aromatic nitrogens is 2. The maximum Gasteiger partial charge on any atom is 0.279 e. The molecule has 1 saturated heterocycles. The Hall–Kier alpha value is -3.91. The summed E-state index contributed by atoms with van der Waals surface area (Å²) >= 11 is 0. The van der Waals surface area contributed by atoms with Crippen LogP contribution >= 0.6 is 0 Å². The molecule has 0 atom stereocenters. The summed E-state index contributed by atoms with van der Waals surface area (Å²) in [6.07, 6.45) is 0. The molecule has 0 saturated carbocycles.